The molecule has 8 heteroatoms. The van der Waals surface area contributed by atoms with E-state index in [2.05, 4.69) is 10.1 Å². The van der Waals surface area contributed by atoms with Crippen LogP contribution in [0.2, 0.25) is 0 Å². The summed E-state index contributed by atoms with van der Waals surface area (Å²) in [7, 11) is 1.57. The molecule has 146 valence electrons. The zero-order valence-electron chi connectivity index (χ0n) is 15.4. The van der Waals surface area contributed by atoms with Gasteiger partial charge in [-0.1, -0.05) is 17.3 Å². The van der Waals surface area contributed by atoms with E-state index in [1.165, 1.54) is 0 Å². The number of nitrogens with zero attached hydrogens (tertiary/aromatic N) is 3. The van der Waals surface area contributed by atoms with E-state index < -0.39 is 5.92 Å². The molecule has 1 aliphatic rings. The van der Waals surface area contributed by atoms with E-state index in [9.17, 15) is 8.78 Å². The third-order valence-electron chi connectivity index (χ3n) is 4.78. The number of anilines is 2. The van der Waals surface area contributed by atoms with Crippen molar-refractivity contribution in [2.75, 3.05) is 30.8 Å². The number of alkyl halides is 2. The lowest BCUT2D eigenvalue weighted by molar-refractivity contribution is -0.0116. The Morgan fingerprint density at radius 3 is 2.79 bits per heavy atom. The van der Waals surface area contributed by atoms with Crippen LogP contribution in [0.1, 0.15) is 12.8 Å². The van der Waals surface area contributed by atoms with Crippen LogP contribution in [0.4, 0.5) is 20.2 Å². The lowest BCUT2D eigenvalue weighted by Gasteiger charge is -2.34. The number of hydrogen-bond acceptors (Lipinski definition) is 6. The lowest BCUT2D eigenvalue weighted by atomic mass is 10.1. The number of para-hydroxylation sites is 1. The number of halogens is 2. The van der Waals surface area contributed by atoms with Crippen LogP contribution >= 0.6 is 0 Å². The minimum atomic E-state index is -2.69. The molecule has 2 N–H and O–H groups in total. The number of piperidine rings is 1. The van der Waals surface area contributed by atoms with Crippen molar-refractivity contribution in [3.63, 3.8) is 0 Å². The molecule has 1 aromatic heterocycles. The molecule has 0 spiro atoms. The van der Waals surface area contributed by atoms with Crippen molar-refractivity contribution >= 4 is 11.4 Å². The Hall–Kier alpha value is -3.16. The average molecular weight is 386 g/mol. The first kappa shape index (κ1) is 18.2. The van der Waals surface area contributed by atoms with E-state index in [4.69, 9.17) is 15.0 Å². The number of methoxy groups -OCH3 is 1. The van der Waals surface area contributed by atoms with Crippen LogP contribution in [0.25, 0.3) is 22.8 Å². The molecule has 0 aliphatic carbocycles. The molecule has 0 saturated carbocycles. The monoisotopic (exact) mass is 386 g/mol. The number of ether oxygens (including phenoxy) is 1. The third kappa shape index (κ3) is 3.49. The highest BCUT2D eigenvalue weighted by Crippen LogP contribution is 2.35. The Balaban J connectivity index is 1.61. The first-order valence-corrected chi connectivity index (χ1v) is 8.97. The van der Waals surface area contributed by atoms with Gasteiger partial charge in [0, 0.05) is 18.5 Å². The van der Waals surface area contributed by atoms with Crippen LogP contribution < -0.4 is 15.4 Å². The second-order valence-corrected chi connectivity index (χ2v) is 6.78. The SMILES string of the molecule is COc1ccccc1-c1noc(-c2ccc(N3CCCC(F)(F)C3)c(N)c2)n1. The highest BCUT2D eigenvalue weighted by molar-refractivity contribution is 5.75. The molecular formula is C20H20F2N4O2. The second kappa shape index (κ2) is 7.10. The number of benzene rings is 2. The van der Waals surface area contributed by atoms with Gasteiger partial charge in [-0.15, -0.1) is 0 Å². The van der Waals surface area contributed by atoms with E-state index in [-0.39, 0.29) is 13.0 Å². The van der Waals surface area contributed by atoms with Gasteiger partial charge in [0.1, 0.15) is 5.75 Å². The summed E-state index contributed by atoms with van der Waals surface area (Å²) in [6.07, 6.45) is 0.343. The molecule has 2 heterocycles. The van der Waals surface area contributed by atoms with Crippen molar-refractivity contribution in [1.82, 2.24) is 10.1 Å². The summed E-state index contributed by atoms with van der Waals surface area (Å²) in [5, 5.41) is 4.02. The predicted molar refractivity (Wildman–Crippen MR) is 103 cm³/mol. The predicted octanol–water partition coefficient (Wildman–Crippen LogP) is 4.23. The van der Waals surface area contributed by atoms with Crippen LogP contribution in [0.15, 0.2) is 47.0 Å². The fraction of sp³-hybridized carbons (Fsp3) is 0.300. The molecular weight excluding hydrogens is 366 g/mol. The van der Waals surface area contributed by atoms with E-state index >= 15 is 0 Å². The third-order valence-corrected chi connectivity index (χ3v) is 4.78. The van der Waals surface area contributed by atoms with Crippen molar-refractivity contribution in [2.24, 2.45) is 0 Å². The smallest absolute Gasteiger partial charge is 0.265 e. The Kier molecular flexibility index (Phi) is 4.62. The largest absolute Gasteiger partial charge is 0.496 e. The van der Waals surface area contributed by atoms with Gasteiger partial charge in [0.05, 0.1) is 30.6 Å². The van der Waals surface area contributed by atoms with Crippen molar-refractivity contribution in [1.29, 1.82) is 0 Å². The standard InChI is InChI=1S/C20H20F2N4O2/c1-27-17-6-3-2-5-14(17)18-24-19(28-25-18)13-7-8-16(15(23)11-13)26-10-4-9-20(21,22)12-26/h2-3,5-8,11H,4,9-10,12,23H2,1H3. The molecule has 1 aliphatic heterocycles. The minimum Gasteiger partial charge on any atom is -0.496 e. The molecule has 4 rings (SSSR count). The normalized spacial score (nSPS) is 16.2. The van der Waals surface area contributed by atoms with E-state index in [0.29, 0.717) is 52.9 Å². The lowest BCUT2D eigenvalue weighted by Crippen LogP contribution is -2.42. The number of nitrogens with two attached hydrogens (primary N) is 1. The number of rotatable bonds is 4. The number of hydrogen-bond donors (Lipinski definition) is 1. The number of aromatic nitrogens is 2. The van der Waals surface area contributed by atoms with Gasteiger partial charge in [-0.3, -0.25) is 0 Å². The van der Waals surface area contributed by atoms with Gasteiger partial charge in [0.2, 0.25) is 5.82 Å². The van der Waals surface area contributed by atoms with Crippen LogP contribution in [0, 0.1) is 0 Å². The van der Waals surface area contributed by atoms with Gasteiger partial charge in [0.25, 0.3) is 11.8 Å². The second-order valence-electron chi connectivity index (χ2n) is 6.78. The molecule has 1 saturated heterocycles. The van der Waals surface area contributed by atoms with Crippen LogP contribution in [-0.2, 0) is 0 Å². The molecule has 28 heavy (non-hydrogen) atoms. The minimum absolute atomic E-state index is 0.0881. The fourth-order valence-electron chi connectivity index (χ4n) is 3.43. The van der Waals surface area contributed by atoms with Crippen LogP contribution in [0.5, 0.6) is 5.75 Å². The average Bonchev–Trinajstić information content (AvgIpc) is 3.17. The fourth-order valence-corrected chi connectivity index (χ4v) is 3.43. The van der Waals surface area contributed by atoms with Gasteiger partial charge in [-0.25, -0.2) is 8.78 Å². The Labute approximate surface area is 160 Å². The molecule has 0 amide bonds. The Morgan fingerprint density at radius 2 is 2.04 bits per heavy atom. The summed E-state index contributed by atoms with van der Waals surface area (Å²) in [6.45, 7) is 0.229. The molecule has 2 aromatic carbocycles. The molecule has 6 nitrogen and oxygen atoms in total. The van der Waals surface area contributed by atoms with Crippen molar-refractivity contribution in [2.45, 2.75) is 18.8 Å². The Bertz CT molecular complexity index is 990. The van der Waals surface area contributed by atoms with Crippen LogP contribution in [-0.4, -0.2) is 36.3 Å². The first-order chi connectivity index (χ1) is 13.5. The molecule has 0 bridgehead atoms. The molecule has 0 unspecified atom stereocenters. The maximum Gasteiger partial charge on any atom is 0.265 e. The van der Waals surface area contributed by atoms with E-state index in [0.717, 1.165) is 0 Å². The summed E-state index contributed by atoms with van der Waals surface area (Å²) >= 11 is 0. The molecule has 3 aromatic rings. The highest BCUT2D eigenvalue weighted by atomic mass is 19.3. The van der Waals surface area contributed by atoms with Crippen molar-refractivity contribution < 1.29 is 18.0 Å². The van der Waals surface area contributed by atoms with Gasteiger partial charge < -0.3 is 19.9 Å². The zero-order valence-corrected chi connectivity index (χ0v) is 15.4. The summed E-state index contributed by atoms with van der Waals surface area (Å²) < 4.78 is 38.1. The summed E-state index contributed by atoms with van der Waals surface area (Å²) in [5.41, 5.74) is 8.46. The topological polar surface area (TPSA) is 77.4 Å². The quantitative estimate of drug-likeness (QED) is 0.676. The zero-order chi connectivity index (χ0) is 19.7. The molecule has 1 fully saturated rings. The van der Waals surface area contributed by atoms with Crippen molar-refractivity contribution in [3.8, 4) is 28.6 Å². The van der Waals surface area contributed by atoms with E-state index in [1.807, 2.05) is 24.3 Å². The maximum atomic E-state index is 13.7. The van der Waals surface area contributed by atoms with Gasteiger partial charge in [-0.2, -0.15) is 4.98 Å². The first-order valence-electron chi connectivity index (χ1n) is 8.97. The van der Waals surface area contributed by atoms with Crippen LogP contribution in [0.3, 0.4) is 0 Å². The number of nitrogen functional groups attached to an aromatic ring is 1. The van der Waals surface area contributed by atoms with E-state index in [1.54, 1.807) is 30.2 Å². The van der Waals surface area contributed by atoms with Gasteiger partial charge in [0.15, 0.2) is 0 Å². The summed E-state index contributed by atoms with van der Waals surface area (Å²) in [4.78, 5) is 6.04. The summed E-state index contributed by atoms with van der Waals surface area (Å²) in [6, 6.07) is 12.5. The highest BCUT2D eigenvalue weighted by Gasteiger charge is 2.35. The van der Waals surface area contributed by atoms with Crippen molar-refractivity contribution in [3.05, 3.63) is 42.5 Å². The molecule has 0 radical (unpaired) electrons. The Morgan fingerprint density at radius 1 is 1.21 bits per heavy atom. The van der Waals surface area contributed by atoms with Gasteiger partial charge >= 0.3 is 0 Å². The summed E-state index contributed by atoms with van der Waals surface area (Å²) in [5.74, 6) is -1.37. The molecule has 0 atom stereocenters. The maximum absolute atomic E-state index is 13.7. The van der Waals surface area contributed by atoms with Gasteiger partial charge in [-0.05, 0) is 36.8 Å².